The zero-order valence-electron chi connectivity index (χ0n) is 18.3. The smallest absolute Gasteiger partial charge is 0.0840 e. The maximum Gasteiger partial charge on any atom is 0.109 e. The van der Waals surface area contributed by atoms with Crippen molar-refractivity contribution in [3.05, 3.63) is 131 Å². The second kappa shape index (κ2) is 9.82. The highest BCUT2D eigenvalue weighted by atomic mass is 35.5. The third kappa shape index (κ3) is 4.93. The van der Waals surface area contributed by atoms with Crippen molar-refractivity contribution in [2.75, 3.05) is 0 Å². The first-order valence-electron chi connectivity index (χ1n) is 11.0. The SMILES string of the molecule is Cc1ccc(C(C)([SiH2]Cc2ccccc2)[SiH](c2ccccc2)c2ccccc2)cc1Cl. The summed E-state index contributed by atoms with van der Waals surface area (Å²) in [5, 5.41) is 3.90. The van der Waals surface area contributed by atoms with E-state index in [4.69, 9.17) is 11.6 Å². The van der Waals surface area contributed by atoms with Gasteiger partial charge in [0.25, 0.3) is 0 Å². The van der Waals surface area contributed by atoms with Gasteiger partial charge in [0.15, 0.2) is 0 Å². The second-order valence-electron chi connectivity index (χ2n) is 8.62. The molecule has 4 aromatic carbocycles. The van der Waals surface area contributed by atoms with Gasteiger partial charge in [-0.3, -0.25) is 0 Å². The molecule has 1 unspecified atom stereocenters. The van der Waals surface area contributed by atoms with E-state index >= 15 is 0 Å². The molecule has 0 aliphatic heterocycles. The third-order valence-electron chi connectivity index (χ3n) is 6.51. The molecule has 0 aliphatic rings. The van der Waals surface area contributed by atoms with Crippen LogP contribution < -0.4 is 10.4 Å². The van der Waals surface area contributed by atoms with E-state index in [2.05, 4.69) is 123 Å². The van der Waals surface area contributed by atoms with Gasteiger partial charge < -0.3 is 0 Å². The molecule has 0 radical (unpaired) electrons. The van der Waals surface area contributed by atoms with Gasteiger partial charge in [-0.1, -0.05) is 138 Å². The lowest BCUT2D eigenvalue weighted by Gasteiger charge is -2.38. The van der Waals surface area contributed by atoms with Gasteiger partial charge in [0.1, 0.15) is 8.80 Å². The Hall–Kier alpha value is -2.40. The Morgan fingerprint density at radius 3 is 1.77 bits per heavy atom. The van der Waals surface area contributed by atoms with Crippen LogP contribution in [0, 0.1) is 6.92 Å². The molecule has 0 bridgehead atoms. The summed E-state index contributed by atoms with van der Waals surface area (Å²) in [6.45, 7) is 4.62. The highest BCUT2D eigenvalue weighted by molar-refractivity contribution is 6.93. The summed E-state index contributed by atoms with van der Waals surface area (Å²) in [5.74, 6) is 0. The first-order chi connectivity index (χ1) is 15.1. The Balaban J connectivity index is 1.86. The van der Waals surface area contributed by atoms with Crippen LogP contribution in [-0.2, 0) is 10.7 Å². The molecule has 3 heteroatoms. The summed E-state index contributed by atoms with van der Waals surface area (Å²) in [5.41, 5.74) is 4.01. The van der Waals surface area contributed by atoms with Crippen molar-refractivity contribution in [2.45, 2.75) is 24.6 Å². The number of benzene rings is 4. The van der Waals surface area contributed by atoms with Crippen molar-refractivity contribution < 1.29 is 0 Å². The highest BCUT2D eigenvalue weighted by Crippen LogP contribution is 2.30. The van der Waals surface area contributed by atoms with E-state index in [1.54, 1.807) is 0 Å². The molecule has 0 saturated carbocycles. The average molecular weight is 457 g/mol. The van der Waals surface area contributed by atoms with E-state index < -0.39 is 18.3 Å². The molecule has 0 heterocycles. The molecule has 0 saturated heterocycles. The number of halogens is 1. The number of rotatable bonds is 7. The first-order valence-corrected chi connectivity index (χ1v) is 14.8. The summed E-state index contributed by atoms with van der Waals surface area (Å²) in [7, 11) is -2.11. The Morgan fingerprint density at radius 1 is 0.742 bits per heavy atom. The summed E-state index contributed by atoms with van der Waals surface area (Å²) < 4.78 is 0.149. The van der Waals surface area contributed by atoms with Crippen LogP contribution in [0.2, 0.25) is 5.02 Å². The lowest BCUT2D eigenvalue weighted by atomic mass is 10.1. The van der Waals surface area contributed by atoms with Crippen LogP contribution in [0.1, 0.15) is 23.6 Å². The molecule has 4 aromatic rings. The van der Waals surface area contributed by atoms with Crippen LogP contribution >= 0.6 is 11.6 Å². The van der Waals surface area contributed by atoms with Crippen LogP contribution in [0.3, 0.4) is 0 Å². The van der Waals surface area contributed by atoms with E-state index in [-0.39, 0.29) is 4.66 Å². The largest absolute Gasteiger partial charge is 0.109 e. The molecule has 0 aliphatic carbocycles. The van der Waals surface area contributed by atoms with Gasteiger partial charge in [0.2, 0.25) is 0 Å². The number of hydrogen-bond donors (Lipinski definition) is 0. The molecule has 31 heavy (non-hydrogen) atoms. The summed E-state index contributed by atoms with van der Waals surface area (Å²) in [6, 6.07) is 41.4. The molecule has 0 spiro atoms. The van der Waals surface area contributed by atoms with Gasteiger partial charge in [-0.15, -0.1) is 0 Å². The molecule has 0 amide bonds. The van der Waals surface area contributed by atoms with E-state index in [1.165, 1.54) is 27.5 Å². The fourth-order valence-corrected chi connectivity index (χ4v) is 13.1. The normalized spacial score (nSPS) is 13.5. The minimum atomic E-state index is -1.58. The Bertz CT molecular complexity index is 1070. The number of hydrogen-bond acceptors (Lipinski definition) is 0. The van der Waals surface area contributed by atoms with Crippen LogP contribution in [0.15, 0.2) is 109 Å². The molecule has 0 fully saturated rings. The fraction of sp³-hybridized carbons (Fsp3) is 0.143. The van der Waals surface area contributed by atoms with Gasteiger partial charge >= 0.3 is 0 Å². The highest BCUT2D eigenvalue weighted by Gasteiger charge is 2.39. The molecule has 156 valence electrons. The van der Waals surface area contributed by atoms with Crippen molar-refractivity contribution in [1.82, 2.24) is 0 Å². The topological polar surface area (TPSA) is 0 Å². The second-order valence-corrected chi connectivity index (χ2v) is 15.8. The molecule has 0 N–H and O–H groups in total. The van der Waals surface area contributed by atoms with Crippen molar-refractivity contribution in [1.29, 1.82) is 0 Å². The molecular formula is C28H29ClSi2. The van der Waals surface area contributed by atoms with E-state index in [1.807, 2.05) is 0 Å². The summed E-state index contributed by atoms with van der Waals surface area (Å²) in [4.78, 5) is 0. The maximum atomic E-state index is 6.66. The number of aryl methyl sites for hydroxylation is 1. The van der Waals surface area contributed by atoms with Crippen LogP contribution in [0.4, 0.5) is 0 Å². The van der Waals surface area contributed by atoms with Gasteiger partial charge in [0.05, 0.1) is 0 Å². The quantitative estimate of drug-likeness (QED) is 0.350. The van der Waals surface area contributed by atoms with Crippen molar-refractivity contribution in [3.63, 3.8) is 0 Å². The minimum Gasteiger partial charge on any atom is -0.0840 e. The minimum absolute atomic E-state index is 0.149. The van der Waals surface area contributed by atoms with Crippen LogP contribution in [0.5, 0.6) is 0 Å². The zero-order chi connectivity index (χ0) is 21.7. The third-order valence-corrected chi connectivity index (χ3v) is 15.0. The van der Waals surface area contributed by atoms with Crippen molar-refractivity contribution in [3.8, 4) is 0 Å². The summed E-state index contributed by atoms with van der Waals surface area (Å²) in [6.07, 6.45) is 0. The zero-order valence-corrected chi connectivity index (χ0v) is 21.6. The molecule has 4 rings (SSSR count). The maximum absolute atomic E-state index is 6.66. The first kappa shape index (κ1) is 21.8. The van der Waals surface area contributed by atoms with Gasteiger partial charge in [-0.25, -0.2) is 0 Å². The van der Waals surface area contributed by atoms with E-state index in [0.29, 0.717) is 0 Å². The van der Waals surface area contributed by atoms with Crippen LogP contribution in [-0.4, -0.2) is 18.3 Å². The lowest BCUT2D eigenvalue weighted by Crippen LogP contribution is -2.60. The van der Waals surface area contributed by atoms with Crippen molar-refractivity contribution in [2.24, 2.45) is 0 Å². The Labute approximate surface area is 195 Å². The monoisotopic (exact) mass is 456 g/mol. The van der Waals surface area contributed by atoms with Gasteiger partial charge in [-0.2, -0.15) is 0 Å². The Morgan fingerprint density at radius 2 is 1.26 bits per heavy atom. The standard InChI is InChI=1S/C28H29ClSi2/c1-22-18-19-24(20-27(22)29)28(2,30-21-23-12-6-3-7-13-23)31(25-14-8-4-9-15-25)26-16-10-5-11-17-26/h3-20,31H,21,30H2,1-2H3. The van der Waals surface area contributed by atoms with Gasteiger partial charge in [-0.05, 0) is 34.8 Å². The lowest BCUT2D eigenvalue weighted by molar-refractivity contribution is 0.922. The predicted octanol–water partition coefficient (Wildman–Crippen LogP) is 4.81. The van der Waals surface area contributed by atoms with E-state index in [9.17, 15) is 0 Å². The molecular weight excluding hydrogens is 428 g/mol. The average Bonchev–Trinajstić information content (AvgIpc) is 2.82. The van der Waals surface area contributed by atoms with Gasteiger partial charge in [0, 0.05) is 14.5 Å². The van der Waals surface area contributed by atoms with Crippen LogP contribution in [0.25, 0.3) is 0 Å². The molecule has 0 nitrogen and oxygen atoms in total. The van der Waals surface area contributed by atoms with Crippen molar-refractivity contribution >= 4 is 40.3 Å². The molecule has 1 atom stereocenters. The molecule has 0 aromatic heterocycles. The summed E-state index contributed by atoms with van der Waals surface area (Å²) >= 11 is 6.66. The fourth-order valence-electron chi connectivity index (χ4n) is 4.67. The Kier molecular flexibility index (Phi) is 6.91. The van der Waals surface area contributed by atoms with E-state index in [0.717, 1.165) is 10.6 Å². The predicted molar refractivity (Wildman–Crippen MR) is 142 cm³/mol.